The van der Waals surface area contributed by atoms with Crippen LogP contribution in [-0.4, -0.2) is 10.5 Å². The lowest BCUT2D eigenvalue weighted by atomic mass is 10.2. The van der Waals surface area contributed by atoms with Crippen molar-refractivity contribution >= 4 is 11.7 Å². The molecule has 2 N–H and O–H groups in total. The van der Waals surface area contributed by atoms with Crippen LogP contribution in [0.15, 0.2) is 41.3 Å². The van der Waals surface area contributed by atoms with Crippen LogP contribution in [0, 0.1) is 11.6 Å². The van der Waals surface area contributed by atoms with Crippen molar-refractivity contribution < 1.29 is 18.3 Å². The minimum Gasteiger partial charge on any atom is -0.459 e. The molecule has 110 valence electrons. The fraction of sp³-hybridized carbons (Fsp3) is 0.143. The molecule has 1 aromatic carbocycles. The first-order chi connectivity index (χ1) is 9.94. The Kier molecular flexibility index (Phi) is 4.32. The number of benzene rings is 1. The molecular formula is C14H12F2N2O3. The van der Waals surface area contributed by atoms with Gasteiger partial charge in [0, 0.05) is 24.0 Å². The number of ether oxygens (including phenoxy) is 1. The van der Waals surface area contributed by atoms with Gasteiger partial charge in [0.05, 0.1) is 0 Å². The van der Waals surface area contributed by atoms with Crippen molar-refractivity contribution in [2.75, 3.05) is 5.73 Å². The Balaban J connectivity index is 1.99. The number of carbonyl (C=O) groups is 1. The highest BCUT2D eigenvalue weighted by atomic mass is 19.1. The van der Waals surface area contributed by atoms with Crippen LogP contribution in [0.1, 0.15) is 5.56 Å². The zero-order valence-corrected chi connectivity index (χ0v) is 10.9. The summed E-state index contributed by atoms with van der Waals surface area (Å²) in [6.45, 7) is -0.619. The molecule has 2 rings (SSSR count). The van der Waals surface area contributed by atoms with Gasteiger partial charge >= 0.3 is 5.97 Å². The fourth-order valence-electron chi connectivity index (χ4n) is 1.72. The molecule has 0 unspecified atom stereocenters. The third-order valence-electron chi connectivity index (χ3n) is 2.63. The Hall–Kier alpha value is -2.70. The van der Waals surface area contributed by atoms with Crippen LogP contribution in [0.2, 0.25) is 0 Å². The molecule has 0 atom stereocenters. The minimum absolute atomic E-state index is 0.181. The number of esters is 1. The summed E-state index contributed by atoms with van der Waals surface area (Å²) in [5, 5.41) is 0. The quantitative estimate of drug-likeness (QED) is 0.866. The van der Waals surface area contributed by atoms with E-state index in [1.165, 1.54) is 18.3 Å². The topological polar surface area (TPSA) is 74.3 Å². The molecule has 0 fully saturated rings. The van der Waals surface area contributed by atoms with E-state index in [4.69, 9.17) is 10.5 Å². The number of anilines is 1. The molecule has 2 aromatic rings. The van der Waals surface area contributed by atoms with Crippen LogP contribution >= 0.6 is 0 Å². The number of hydrogen-bond acceptors (Lipinski definition) is 4. The standard InChI is InChI=1S/C14H12F2N2O3/c15-10-3-9(4-11(16)5-10)8-21-14(20)7-18-6-12(17)1-2-13(18)19/h1-6H,7-8,17H2. The molecule has 0 spiro atoms. The Labute approximate surface area is 118 Å². The lowest BCUT2D eigenvalue weighted by Crippen LogP contribution is -2.24. The Morgan fingerprint density at radius 2 is 1.86 bits per heavy atom. The van der Waals surface area contributed by atoms with Gasteiger partial charge in [-0.1, -0.05) is 0 Å². The average Bonchev–Trinajstić information content (AvgIpc) is 2.40. The Bertz CT molecular complexity index is 708. The number of rotatable bonds is 4. The molecule has 1 aromatic heterocycles. The van der Waals surface area contributed by atoms with Crippen LogP contribution < -0.4 is 11.3 Å². The third-order valence-corrected chi connectivity index (χ3v) is 2.63. The van der Waals surface area contributed by atoms with Crippen LogP contribution in [0.4, 0.5) is 14.5 Å². The molecule has 0 radical (unpaired) electrons. The average molecular weight is 294 g/mol. The molecule has 0 aliphatic carbocycles. The maximum atomic E-state index is 13.0. The summed E-state index contributed by atoms with van der Waals surface area (Å²) in [6.07, 6.45) is 1.31. The van der Waals surface area contributed by atoms with Crippen molar-refractivity contribution in [2.24, 2.45) is 0 Å². The van der Waals surface area contributed by atoms with Gasteiger partial charge in [0.15, 0.2) is 0 Å². The monoisotopic (exact) mass is 294 g/mol. The summed E-state index contributed by atoms with van der Waals surface area (Å²) in [5.41, 5.74) is 5.61. The number of nitrogens with zero attached hydrogens (tertiary/aromatic N) is 1. The van der Waals surface area contributed by atoms with Crippen molar-refractivity contribution in [3.63, 3.8) is 0 Å². The molecule has 0 saturated carbocycles. The van der Waals surface area contributed by atoms with Crippen LogP contribution in [0.5, 0.6) is 0 Å². The number of carbonyl (C=O) groups excluding carboxylic acids is 1. The zero-order valence-electron chi connectivity index (χ0n) is 10.9. The van der Waals surface area contributed by atoms with Crippen LogP contribution in [0.3, 0.4) is 0 Å². The molecule has 7 heteroatoms. The van der Waals surface area contributed by atoms with Crippen molar-refractivity contribution in [2.45, 2.75) is 13.2 Å². The van der Waals surface area contributed by atoms with Gasteiger partial charge in [0.1, 0.15) is 24.8 Å². The highest BCUT2D eigenvalue weighted by Gasteiger charge is 2.08. The normalized spacial score (nSPS) is 10.4. The van der Waals surface area contributed by atoms with Crippen molar-refractivity contribution in [1.29, 1.82) is 0 Å². The molecule has 0 bridgehead atoms. The number of pyridine rings is 1. The lowest BCUT2D eigenvalue weighted by Gasteiger charge is -2.08. The molecule has 0 aliphatic rings. The first-order valence-corrected chi connectivity index (χ1v) is 6.00. The van der Waals surface area contributed by atoms with Crippen molar-refractivity contribution in [1.82, 2.24) is 4.57 Å². The first-order valence-electron chi connectivity index (χ1n) is 6.00. The minimum atomic E-state index is -0.756. The molecular weight excluding hydrogens is 282 g/mol. The zero-order chi connectivity index (χ0) is 15.4. The summed E-state index contributed by atoms with van der Waals surface area (Å²) >= 11 is 0. The molecule has 1 heterocycles. The van der Waals surface area contributed by atoms with E-state index >= 15 is 0 Å². The van der Waals surface area contributed by atoms with Gasteiger partial charge in [-0.3, -0.25) is 9.59 Å². The summed E-state index contributed by atoms with van der Waals surface area (Å²) in [5.74, 6) is -2.23. The summed E-state index contributed by atoms with van der Waals surface area (Å²) < 4.78 is 31.9. The van der Waals surface area contributed by atoms with E-state index in [1.54, 1.807) is 0 Å². The second kappa shape index (κ2) is 6.17. The Morgan fingerprint density at radius 3 is 2.52 bits per heavy atom. The summed E-state index contributed by atoms with van der Waals surface area (Å²) in [4.78, 5) is 23.1. The number of nitrogen functional groups attached to an aromatic ring is 1. The van der Waals surface area contributed by atoms with Gasteiger partial charge in [0.2, 0.25) is 0 Å². The molecule has 0 aliphatic heterocycles. The fourth-order valence-corrected chi connectivity index (χ4v) is 1.72. The van der Waals surface area contributed by atoms with Crippen LogP contribution in [-0.2, 0) is 22.7 Å². The maximum Gasteiger partial charge on any atom is 0.326 e. The van der Waals surface area contributed by atoms with Crippen molar-refractivity contribution in [3.05, 3.63) is 64.1 Å². The molecule has 0 amide bonds. The lowest BCUT2D eigenvalue weighted by molar-refractivity contribution is -0.145. The van der Waals surface area contributed by atoms with Gasteiger partial charge in [-0.2, -0.15) is 0 Å². The van der Waals surface area contributed by atoms with Gasteiger partial charge in [-0.15, -0.1) is 0 Å². The van der Waals surface area contributed by atoms with E-state index in [0.717, 1.165) is 22.8 Å². The third kappa shape index (κ3) is 4.13. The van der Waals surface area contributed by atoms with E-state index in [1.807, 2.05) is 0 Å². The predicted molar refractivity (Wildman–Crippen MR) is 71.3 cm³/mol. The maximum absolute atomic E-state index is 13.0. The second-order valence-corrected chi connectivity index (χ2v) is 4.37. The van der Waals surface area contributed by atoms with E-state index in [2.05, 4.69) is 0 Å². The van der Waals surface area contributed by atoms with Gasteiger partial charge < -0.3 is 15.0 Å². The predicted octanol–water partition coefficient (Wildman–Crippen LogP) is 1.45. The van der Waals surface area contributed by atoms with Gasteiger partial charge in [-0.25, -0.2) is 8.78 Å². The van der Waals surface area contributed by atoms with E-state index < -0.39 is 23.2 Å². The highest BCUT2D eigenvalue weighted by molar-refractivity contribution is 5.69. The summed E-state index contributed by atoms with van der Waals surface area (Å²) in [7, 11) is 0. The number of aromatic nitrogens is 1. The largest absolute Gasteiger partial charge is 0.459 e. The Morgan fingerprint density at radius 1 is 1.19 bits per heavy atom. The van der Waals surface area contributed by atoms with E-state index in [0.29, 0.717) is 5.69 Å². The number of halogens is 2. The van der Waals surface area contributed by atoms with Gasteiger partial charge in [0.25, 0.3) is 5.56 Å². The number of hydrogen-bond donors (Lipinski definition) is 1. The first kappa shape index (κ1) is 14.7. The van der Waals surface area contributed by atoms with Crippen molar-refractivity contribution in [3.8, 4) is 0 Å². The molecule has 0 saturated heterocycles. The highest BCUT2D eigenvalue weighted by Crippen LogP contribution is 2.09. The van der Waals surface area contributed by atoms with E-state index in [9.17, 15) is 18.4 Å². The number of nitrogens with two attached hydrogens (primary N) is 1. The van der Waals surface area contributed by atoms with Crippen LogP contribution in [0.25, 0.3) is 0 Å². The SMILES string of the molecule is Nc1ccc(=O)n(CC(=O)OCc2cc(F)cc(F)c2)c1. The van der Waals surface area contributed by atoms with E-state index in [-0.39, 0.29) is 18.7 Å². The smallest absolute Gasteiger partial charge is 0.326 e. The van der Waals surface area contributed by atoms with Gasteiger partial charge in [-0.05, 0) is 23.8 Å². The molecule has 21 heavy (non-hydrogen) atoms. The summed E-state index contributed by atoms with van der Waals surface area (Å²) in [6, 6.07) is 5.48. The second-order valence-electron chi connectivity index (χ2n) is 4.37. The molecule has 5 nitrogen and oxygen atoms in total.